The number of nitrogens with zero attached hydrogens (tertiary/aromatic N) is 2. The van der Waals surface area contributed by atoms with Crippen molar-refractivity contribution < 1.29 is 9.09 Å². The van der Waals surface area contributed by atoms with Gasteiger partial charge in [-0.2, -0.15) is 5.26 Å². The van der Waals surface area contributed by atoms with E-state index in [0.29, 0.717) is 25.9 Å². The van der Waals surface area contributed by atoms with Crippen molar-refractivity contribution in [2.24, 2.45) is 11.3 Å². The Balaban J connectivity index is 2.60. The number of piperidine rings is 1. The van der Waals surface area contributed by atoms with Crippen molar-refractivity contribution >= 4 is 7.52 Å². The summed E-state index contributed by atoms with van der Waals surface area (Å²) in [5.41, 5.74) is 0.0236. The van der Waals surface area contributed by atoms with Crippen molar-refractivity contribution in [2.45, 2.75) is 40.5 Å². The van der Waals surface area contributed by atoms with Gasteiger partial charge in [-0.1, -0.05) is 27.7 Å². The maximum Gasteiger partial charge on any atom is 0.272 e. The molecule has 1 saturated heterocycles. The van der Waals surface area contributed by atoms with Gasteiger partial charge in [0.05, 0.1) is 12.7 Å². The molecule has 0 amide bonds. The quantitative estimate of drug-likeness (QED) is 0.735. The molecule has 1 heterocycles. The van der Waals surface area contributed by atoms with Crippen LogP contribution in [-0.2, 0) is 9.09 Å². The second-order valence-electron chi connectivity index (χ2n) is 6.14. The second kappa shape index (κ2) is 6.19. The molecule has 5 heteroatoms. The number of hydrogen-bond donors (Lipinski definition) is 0. The summed E-state index contributed by atoms with van der Waals surface area (Å²) in [6.45, 7) is 10.1. The molecule has 1 aliphatic rings. The monoisotopic (exact) mass is 272 g/mol. The first-order chi connectivity index (χ1) is 8.30. The van der Waals surface area contributed by atoms with Crippen LogP contribution in [-0.4, -0.2) is 30.5 Å². The lowest BCUT2D eigenvalue weighted by Gasteiger charge is -2.36. The highest BCUT2D eigenvalue weighted by atomic mass is 31.2. The summed E-state index contributed by atoms with van der Waals surface area (Å²) in [6.07, 6.45) is 2.15. The van der Waals surface area contributed by atoms with E-state index in [1.165, 1.54) is 0 Å². The largest absolute Gasteiger partial charge is 0.317 e. The minimum atomic E-state index is -2.69. The number of nitriles is 1. The average molecular weight is 272 g/mol. The maximum absolute atomic E-state index is 12.8. The zero-order valence-electron chi connectivity index (χ0n) is 12.0. The van der Waals surface area contributed by atoms with Gasteiger partial charge in [-0.3, -0.25) is 4.57 Å². The van der Waals surface area contributed by atoms with Gasteiger partial charge in [-0.05, 0) is 18.3 Å². The van der Waals surface area contributed by atoms with E-state index in [9.17, 15) is 4.57 Å². The molecular formula is C13H25N2O2P. The van der Waals surface area contributed by atoms with Crippen molar-refractivity contribution in [3.63, 3.8) is 0 Å². The molecule has 0 aliphatic carbocycles. The van der Waals surface area contributed by atoms with E-state index in [1.807, 2.05) is 11.6 Å². The van der Waals surface area contributed by atoms with Crippen molar-refractivity contribution in [1.82, 2.24) is 4.67 Å². The van der Waals surface area contributed by atoms with Crippen LogP contribution in [0.1, 0.15) is 40.5 Å². The van der Waals surface area contributed by atoms with Crippen LogP contribution in [0, 0.1) is 22.7 Å². The molecule has 18 heavy (non-hydrogen) atoms. The van der Waals surface area contributed by atoms with Crippen LogP contribution in [0.2, 0.25) is 0 Å². The molecule has 0 aromatic carbocycles. The van der Waals surface area contributed by atoms with E-state index in [-0.39, 0.29) is 11.3 Å². The van der Waals surface area contributed by atoms with Crippen LogP contribution >= 0.6 is 7.52 Å². The summed E-state index contributed by atoms with van der Waals surface area (Å²) in [6, 6.07) is 2.29. The van der Waals surface area contributed by atoms with Crippen LogP contribution < -0.4 is 0 Å². The van der Waals surface area contributed by atoms with Crippen LogP contribution in [0.25, 0.3) is 0 Å². The van der Waals surface area contributed by atoms with Gasteiger partial charge in [0.25, 0.3) is 7.52 Å². The molecule has 104 valence electrons. The van der Waals surface area contributed by atoms with Gasteiger partial charge in [0.1, 0.15) is 0 Å². The van der Waals surface area contributed by atoms with E-state index in [4.69, 9.17) is 9.79 Å². The lowest BCUT2D eigenvalue weighted by Crippen LogP contribution is -2.33. The molecule has 0 bridgehead atoms. The van der Waals surface area contributed by atoms with Crippen molar-refractivity contribution in [2.75, 3.05) is 25.9 Å². The molecule has 0 aromatic rings. The van der Waals surface area contributed by atoms with E-state index in [2.05, 4.69) is 26.8 Å². The van der Waals surface area contributed by atoms with E-state index >= 15 is 0 Å². The Labute approximate surface area is 111 Å². The van der Waals surface area contributed by atoms with Gasteiger partial charge in [0.15, 0.2) is 0 Å². The molecule has 0 radical (unpaired) electrons. The van der Waals surface area contributed by atoms with Gasteiger partial charge < -0.3 is 4.52 Å². The predicted molar refractivity (Wildman–Crippen MR) is 73.5 cm³/mol. The molecule has 0 aromatic heterocycles. The highest BCUT2D eigenvalue weighted by Crippen LogP contribution is 2.52. The molecule has 0 saturated carbocycles. The van der Waals surface area contributed by atoms with Crippen LogP contribution in [0.5, 0.6) is 0 Å². The first-order valence-electron chi connectivity index (χ1n) is 6.69. The average Bonchev–Trinajstić information content (AvgIpc) is 2.35. The molecular weight excluding hydrogens is 247 g/mol. The third-order valence-corrected chi connectivity index (χ3v) is 5.78. The first-order valence-corrected chi connectivity index (χ1v) is 8.45. The molecule has 1 atom stereocenters. The van der Waals surface area contributed by atoms with E-state index in [0.717, 1.165) is 12.8 Å². The summed E-state index contributed by atoms with van der Waals surface area (Å²) in [7, 11) is -2.69. The second-order valence-corrected chi connectivity index (χ2v) is 8.88. The van der Waals surface area contributed by atoms with Crippen molar-refractivity contribution in [3.05, 3.63) is 0 Å². The van der Waals surface area contributed by atoms with Gasteiger partial charge in [-0.15, -0.1) is 0 Å². The fraction of sp³-hybridized carbons (Fsp3) is 0.923. The Bertz CT molecular complexity index is 349. The maximum atomic E-state index is 12.8. The topological polar surface area (TPSA) is 53.3 Å². The Morgan fingerprint density at radius 3 is 2.33 bits per heavy atom. The molecule has 4 nitrogen and oxygen atoms in total. The summed E-state index contributed by atoms with van der Waals surface area (Å²) in [5, 5.41) is 8.88. The summed E-state index contributed by atoms with van der Waals surface area (Å²) >= 11 is 0. The lowest BCUT2D eigenvalue weighted by atomic mass is 9.99. The van der Waals surface area contributed by atoms with Gasteiger partial charge in [0.2, 0.25) is 0 Å². The molecule has 1 aliphatic heterocycles. The molecule has 0 spiro atoms. The Morgan fingerprint density at radius 1 is 1.39 bits per heavy atom. The van der Waals surface area contributed by atoms with Crippen molar-refractivity contribution in [3.8, 4) is 6.07 Å². The third-order valence-electron chi connectivity index (χ3n) is 3.18. The highest BCUT2D eigenvalue weighted by molar-refractivity contribution is 7.56. The normalized spacial score (nSPS) is 22.4. The number of hydrogen-bond acceptors (Lipinski definition) is 3. The summed E-state index contributed by atoms with van der Waals surface area (Å²) in [5.74, 6) is 0.120. The van der Waals surface area contributed by atoms with Crippen LogP contribution in [0.4, 0.5) is 0 Å². The SMILES string of the molecule is CCP(=O)(OCC(C)(C)C)N1CCC(C#N)CC1. The van der Waals surface area contributed by atoms with Gasteiger partial charge in [-0.25, -0.2) is 4.67 Å². The Morgan fingerprint density at radius 2 is 1.94 bits per heavy atom. The highest BCUT2D eigenvalue weighted by Gasteiger charge is 2.34. The molecule has 0 N–H and O–H groups in total. The Kier molecular flexibility index (Phi) is 5.40. The van der Waals surface area contributed by atoms with E-state index in [1.54, 1.807) is 0 Å². The summed E-state index contributed by atoms with van der Waals surface area (Å²) in [4.78, 5) is 0. The van der Waals surface area contributed by atoms with Crippen LogP contribution in [0.15, 0.2) is 0 Å². The first kappa shape index (κ1) is 15.7. The minimum absolute atomic E-state index is 0.0236. The Hall–Kier alpha value is -0.360. The fourth-order valence-electron chi connectivity index (χ4n) is 1.97. The van der Waals surface area contributed by atoms with Crippen molar-refractivity contribution in [1.29, 1.82) is 5.26 Å². The smallest absolute Gasteiger partial charge is 0.272 e. The summed E-state index contributed by atoms with van der Waals surface area (Å²) < 4.78 is 20.5. The minimum Gasteiger partial charge on any atom is -0.317 e. The zero-order valence-corrected chi connectivity index (χ0v) is 12.9. The zero-order chi connectivity index (χ0) is 13.8. The molecule has 1 fully saturated rings. The number of rotatable bonds is 4. The predicted octanol–water partition coefficient (Wildman–Crippen LogP) is 3.50. The lowest BCUT2D eigenvalue weighted by molar-refractivity contribution is 0.169. The standard InChI is InChI=1S/C13H25N2O2P/c1-5-18(16,17-11-13(2,3)4)15-8-6-12(10-14)7-9-15/h12H,5-9,11H2,1-4H3. The molecule has 1 rings (SSSR count). The van der Waals surface area contributed by atoms with E-state index < -0.39 is 7.52 Å². The van der Waals surface area contributed by atoms with Gasteiger partial charge >= 0.3 is 0 Å². The fourth-order valence-corrected chi connectivity index (χ4v) is 4.14. The van der Waals surface area contributed by atoms with Crippen LogP contribution in [0.3, 0.4) is 0 Å². The third kappa shape index (κ3) is 4.39. The molecule has 1 unspecified atom stereocenters. The van der Waals surface area contributed by atoms with Gasteiger partial charge in [0, 0.05) is 25.2 Å².